The number of amides is 1. The zero-order valence-electron chi connectivity index (χ0n) is 11.0. The lowest BCUT2D eigenvalue weighted by Crippen LogP contribution is -2.36. The van der Waals surface area contributed by atoms with Crippen molar-refractivity contribution < 1.29 is 4.79 Å². The van der Waals surface area contributed by atoms with E-state index in [9.17, 15) is 4.79 Å². The highest BCUT2D eigenvalue weighted by Crippen LogP contribution is 2.33. The van der Waals surface area contributed by atoms with Gasteiger partial charge in [-0.1, -0.05) is 18.2 Å². The van der Waals surface area contributed by atoms with E-state index in [1.54, 1.807) is 11.8 Å². The Bertz CT molecular complexity index is 647. The minimum Gasteiger partial charge on any atom is -0.395 e. The average Bonchev–Trinajstić information content (AvgIpc) is 2.89. The van der Waals surface area contributed by atoms with Crippen LogP contribution >= 0.6 is 0 Å². The lowest BCUT2D eigenvalue weighted by atomic mass is 10.1. The van der Waals surface area contributed by atoms with Crippen LogP contribution in [0.2, 0.25) is 0 Å². The molecule has 3 rings (SSSR count). The molecule has 3 N–H and O–H groups in total. The quantitative estimate of drug-likeness (QED) is 0.818. The Morgan fingerprint density at radius 2 is 2.21 bits per heavy atom. The predicted octanol–water partition coefficient (Wildman–Crippen LogP) is 1.89. The number of H-pyrrole nitrogens is 1. The molecule has 2 heterocycles. The minimum absolute atomic E-state index is 0.126. The maximum atomic E-state index is 12.6. The summed E-state index contributed by atoms with van der Waals surface area (Å²) in [6, 6.07) is 8.08. The van der Waals surface area contributed by atoms with Crippen LogP contribution in [0.25, 0.3) is 0 Å². The fourth-order valence-electron chi connectivity index (χ4n) is 2.59. The lowest BCUT2D eigenvalue weighted by Gasteiger charge is -2.21. The maximum Gasteiger partial charge on any atom is 0.281 e. The SMILES string of the molecule is Cc1[nH]nc(C(=O)N2c3ccccc3CC2C)c1N. The van der Waals surface area contributed by atoms with E-state index in [1.165, 1.54) is 5.56 Å². The summed E-state index contributed by atoms with van der Waals surface area (Å²) in [6.45, 7) is 3.84. The van der Waals surface area contributed by atoms with Gasteiger partial charge in [-0.25, -0.2) is 0 Å². The van der Waals surface area contributed by atoms with E-state index < -0.39 is 0 Å². The van der Waals surface area contributed by atoms with E-state index in [1.807, 2.05) is 25.1 Å². The second-order valence-electron chi connectivity index (χ2n) is 4.97. The van der Waals surface area contributed by atoms with Crippen molar-refractivity contribution in [3.8, 4) is 0 Å². The van der Waals surface area contributed by atoms with Crippen LogP contribution in [0.1, 0.15) is 28.7 Å². The van der Waals surface area contributed by atoms with Gasteiger partial charge in [0, 0.05) is 11.7 Å². The van der Waals surface area contributed by atoms with Gasteiger partial charge in [0.25, 0.3) is 5.91 Å². The van der Waals surface area contributed by atoms with Crippen molar-refractivity contribution in [2.75, 3.05) is 10.6 Å². The molecule has 0 spiro atoms. The number of benzene rings is 1. The van der Waals surface area contributed by atoms with E-state index in [-0.39, 0.29) is 11.9 Å². The number of aromatic amines is 1. The highest BCUT2D eigenvalue weighted by Gasteiger charge is 2.33. The second kappa shape index (κ2) is 4.12. The first-order valence-electron chi connectivity index (χ1n) is 6.31. The number of hydrogen-bond donors (Lipinski definition) is 2. The fraction of sp³-hybridized carbons (Fsp3) is 0.286. The highest BCUT2D eigenvalue weighted by molar-refractivity contribution is 6.09. The highest BCUT2D eigenvalue weighted by atomic mass is 16.2. The van der Waals surface area contributed by atoms with Crippen LogP contribution in [0.15, 0.2) is 24.3 Å². The molecule has 0 aliphatic carbocycles. The van der Waals surface area contributed by atoms with Crippen molar-refractivity contribution >= 4 is 17.3 Å². The standard InChI is InChI=1S/C14H16N4O/c1-8-7-10-5-3-4-6-11(10)18(8)14(19)13-12(15)9(2)16-17-13/h3-6,8H,7,15H2,1-2H3,(H,16,17). The zero-order chi connectivity index (χ0) is 13.6. The van der Waals surface area contributed by atoms with Crippen molar-refractivity contribution in [1.29, 1.82) is 0 Å². The van der Waals surface area contributed by atoms with Crippen LogP contribution in [-0.4, -0.2) is 22.1 Å². The Labute approximate surface area is 111 Å². The molecule has 98 valence electrons. The van der Waals surface area contributed by atoms with Crippen LogP contribution < -0.4 is 10.6 Å². The minimum atomic E-state index is -0.140. The molecule has 1 unspecified atom stereocenters. The zero-order valence-corrected chi connectivity index (χ0v) is 11.0. The van der Waals surface area contributed by atoms with Crippen molar-refractivity contribution in [3.63, 3.8) is 0 Å². The largest absolute Gasteiger partial charge is 0.395 e. The number of para-hydroxylation sites is 1. The van der Waals surface area contributed by atoms with E-state index in [0.717, 1.165) is 17.8 Å². The number of aryl methyl sites for hydroxylation is 1. The van der Waals surface area contributed by atoms with Gasteiger partial charge in [0.1, 0.15) is 0 Å². The summed E-state index contributed by atoms with van der Waals surface area (Å²) in [4.78, 5) is 14.4. The molecule has 2 aromatic rings. The number of anilines is 2. The first-order valence-corrected chi connectivity index (χ1v) is 6.31. The molecular weight excluding hydrogens is 240 g/mol. The Hall–Kier alpha value is -2.30. The van der Waals surface area contributed by atoms with Gasteiger partial charge in [0.05, 0.1) is 11.4 Å². The Morgan fingerprint density at radius 1 is 1.47 bits per heavy atom. The Kier molecular flexibility index (Phi) is 2.55. The maximum absolute atomic E-state index is 12.6. The Balaban J connectivity index is 2.03. The summed E-state index contributed by atoms with van der Waals surface area (Å²) in [6.07, 6.45) is 0.866. The molecule has 5 heteroatoms. The number of aromatic nitrogens is 2. The molecule has 1 amide bonds. The smallest absolute Gasteiger partial charge is 0.281 e. The number of nitrogens with two attached hydrogens (primary N) is 1. The van der Waals surface area contributed by atoms with Crippen molar-refractivity contribution in [1.82, 2.24) is 10.2 Å². The van der Waals surface area contributed by atoms with Gasteiger partial charge >= 0.3 is 0 Å². The first-order chi connectivity index (χ1) is 9.09. The third kappa shape index (κ3) is 1.69. The van der Waals surface area contributed by atoms with Crippen molar-refractivity contribution in [2.45, 2.75) is 26.3 Å². The summed E-state index contributed by atoms with van der Waals surface area (Å²) in [5, 5.41) is 6.78. The Morgan fingerprint density at radius 3 is 2.89 bits per heavy atom. The summed E-state index contributed by atoms with van der Waals surface area (Å²) in [5.41, 5.74) is 9.51. The molecule has 1 aliphatic rings. The average molecular weight is 256 g/mol. The summed E-state index contributed by atoms with van der Waals surface area (Å²) < 4.78 is 0. The van der Waals surface area contributed by atoms with Gasteiger partial charge in [-0.15, -0.1) is 0 Å². The normalized spacial score (nSPS) is 17.6. The molecule has 1 atom stereocenters. The van der Waals surface area contributed by atoms with Gasteiger partial charge in [0.2, 0.25) is 0 Å². The van der Waals surface area contributed by atoms with Gasteiger partial charge < -0.3 is 10.6 Å². The van der Waals surface area contributed by atoms with Crippen LogP contribution in [0.5, 0.6) is 0 Å². The fourth-order valence-corrected chi connectivity index (χ4v) is 2.59. The molecule has 0 saturated carbocycles. The van der Waals surface area contributed by atoms with Crippen LogP contribution in [-0.2, 0) is 6.42 Å². The second-order valence-corrected chi connectivity index (χ2v) is 4.97. The molecular formula is C14H16N4O. The van der Waals surface area contributed by atoms with E-state index in [4.69, 9.17) is 5.73 Å². The summed E-state index contributed by atoms with van der Waals surface area (Å²) >= 11 is 0. The molecule has 0 saturated heterocycles. The van der Waals surface area contributed by atoms with E-state index in [0.29, 0.717) is 11.4 Å². The molecule has 0 fully saturated rings. The summed E-state index contributed by atoms with van der Waals surface area (Å²) in [5.74, 6) is -0.140. The number of hydrogen-bond acceptors (Lipinski definition) is 3. The van der Waals surface area contributed by atoms with Crippen molar-refractivity contribution in [2.24, 2.45) is 0 Å². The number of carbonyl (C=O) groups is 1. The third-order valence-corrected chi connectivity index (χ3v) is 3.62. The first kappa shape index (κ1) is 11.8. The molecule has 5 nitrogen and oxygen atoms in total. The molecule has 0 radical (unpaired) electrons. The van der Waals surface area contributed by atoms with E-state index in [2.05, 4.69) is 16.3 Å². The van der Waals surface area contributed by atoms with Crippen molar-refractivity contribution in [3.05, 3.63) is 41.2 Å². The molecule has 0 bridgehead atoms. The predicted molar refractivity (Wildman–Crippen MR) is 74.2 cm³/mol. The van der Waals surface area contributed by atoms with Gasteiger partial charge in [0.15, 0.2) is 5.69 Å². The molecule has 1 aromatic heterocycles. The van der Waals surface area contributed by atoms with E-state index >= 15 is 0 Å². The van der Waals surface area contributed by atoms with Gasteiger partial charge in [-0.2, -0.15) is 5.10 Å². The summed E-state index contributed by atoms with van der Waals surface area (Å²) in [7, 11) is 0. The topological polar surface area (TPSA) is 75.0 Å². The van der Waals surface area contributed by atoms with Crippen LogP contribution in [0, 0.1) is 6.92 Å². The monoisotopic (exact) mass is 256 g/mol. The third-order valence-electron chi connectivity index (χ3n) is 3.62. The van der Waals surface area contributed by atoms with Crippen LogP contribution in [0.3, 0.4) is 0 Å². The lowest BCUT2D eigenvalue weighted by molar-refractivity contribution is 0.0977. The molecule has 1 aromatic carbocycles. The number of carbonyl (C=O) groups excluding carboxylic acids is 1. The van der Waals surface area contributed by atoms with Gasteiger partial charge in [-0.05, 0) is 31.9 Å². The van der Waals surface area contributed by atoms with Gasteiger partial charge in [-0.3, -0.25) is 9.89 Å². The number of rotatable bonds is 1. The van der Waals surface area contributed by atoms with Crippen LogP contribution in [0.4, 0.5) is 11.4 Å². The number of nitrogen functional groups attached to an aromatic ring is 1. The molecule has 1 aliphatic heterocycles. The molecule has 19 heavy (non-hydrogen) atoms. The number of fused-ring (bicyclic) bond motifs is 1. The number of nitrogens with zero attached hydrogens (tertiary/aromatic N) is 2. The number of nitrogens with one attached hydrogen (secondary N) is 1.